The molecule has 2 unspecified atom stereocenters. The molecule has 146 valence electrons. The highest BCUT2D eigenvalue weighted by Crippen LogP contribution is 2.52. The van der Waals surface area contributed by atoms with Gasteiger partial charge in [-0.15, -0.1) is 11.8 Å². The van der Waals surface area contributed by atoms with Crippen LogP contribution in [-0.4, -0.2) is 20.9 Å². The molecule has 2 atom stereocenters. The Hall–Kier alpha value is -3.25. The Balaban J connectivity index is 1.95. The van der Waals surface area contributed by atoms with E-state index in [0.29, 0.717) is 11.1 Å². The molecule has 2 aliphatic heterocycles. The molecule has 1 N–H and O–H groups in total. The molecule has 30 heavy (non-hydrogen) atoms. The van der Waals surface area contributed by atoms with Crippen molar-refractivity contribution in [2.45, 2.75) is 24.6 Å². The number of aromatic nitrogens is 2. The fourth-order valence-corrected chi connectivity index (χ4v) is 6.84. The Morgan fingerprint density at radius 2 is 1.17 bits per heavy atom. The molecule has 2 aliphatic rings. The van der Waals surface area contributed by atoms with Crippen LogP contribution >= 0.6 is 11.8 Å². The van der Waals surface area contributed by atoms with Crippen molar-refractivity contribution in [1.29, 1.82) is 0 Å². The van der Waals surface area contributed by atoms with Crippen LogP contribution in [0.3, 0.4) is 0 Å². The molecule has 0 saturated carbocycles. The zero-order valence-electron chi connectivity index (χ0n) is 16.4. The lowest BCUT2D eigenvalue weighted by molar-refractivity contribution is 0.0880. The number of nitrogens with zero attached hydrogens (tertiary/aromatic N) is 2. The Bertz CT molecular complexity index is 1510. The minimum Gasteiger partial charge on any atom is -0.326 e. The second-order valence-corrected chi connectivity index (χ2v) is 9.73. The predicted octanol–water partition coefficient (Wildman–Crippen LogP) is 5.57. The monoisotopic (exact) mass is 411 g/mol. The summed E-state index contributed by atoms with van der Waals surface area (Å²) in [6.45, 7) is 4.43. The lowest BCUT2D eigenvalue weighted by atomic mass is 9.96. The second kappa shape index (κ2) is 5.26. The van der Waals surface area contributed by atoms with E-state index in [9.17, 15) is 9.59 Å². The standard InChI is InChI=1S/C24H17N3O2S/c1-11-26-15-9-5-3-7-13(15)17-19-20(24(29)25-23(19)28)18-14-8-4-6-10-16(14)27(12(2)30-11)22(18)21(17)26/h3-12H,1-2H3,(H,25,28,29). The van der Waals surface area contributed by atoms with E-state index in [1.54, 1.807) is 0 Å². The van der Waals surface area contributed by atoms with E-state index in [0.717, 1.165) is 43.6 Å². The third-order valence-electron chi connectivity index (χ3n) is 6.60. The number of benzene rings is 3. The third-order valence-corrected chi connectivity index (χ3v) is 7.81. The van der Waals surface area contributed by atoms with Crippen LogP contribution in [0.5, 0.6) is 0 Å². The highest BCUT2D eigenvalue weighted by Gasteiger charge is 2.38. The number of fused-ring (bicyclic) bond motifs is 9. The number of amides is 2. The number of hydrogen-bond acceptors (Lipinski definition) is 3. The summed E-state index contributed by atoms with van der Waals surface area (Å²) in [7, 11) is 0. The number of nitrogens with one attached hydrogen (secondary N) is 1. The number of para-hydroxylation sites is 2. The first-order valence-electron chi connectivity index (χ1n) is 10.1. The minimum atomic E-state index is -0.297. The normalized spacial score (nSPS) is 20.6. The van der Waals surface area contributed by atoms with Crippen LogP contribution in [0, 0.1) is 0 Å². The number of imide groups is 1. The summed E-state index contributed by atoms with van der Waals surface area (Å²) in [5.41, 5.74) is 5.34. The van der Waals surface area contributed by atoms with E-state index in [-0.39, 0.29) is 22.6 Å². The van der Waals surface area contributed by atoms with Gasteiger partial charge in [-0.3, -0.25) is 14.9 Å². The average Bonchev–Trinajstić information content (AvgIpc) is 3.32. The molecule has 2 amide bonds. The third kappa shape index (κ3) is 1.70. The van der Waals surface area contributed by atoms with Crippen molar-refractivity contribution in [3.63, 3.8) is 0 Å². The van der Waals surface area contributed by atoms with Gasteiger partial charge in [0.2, 0.25) is 0 Å². The average molecular weight is 411 g/mol. The van der Waals surface area contributed by atoms with Crippen molar-refractivity contribution in [2.75, 3.05) is 0 Å². The molecule has 5 nitrogen and oxygen atoms in total. The molecule has 0 bridgehead atoms. The maximum atomic E-state index is 13.0. The van der Waals surface area contributed by atoms with Crippen LogP contribution < -0.4 is 5.32 Å². The van der Waals surface area contributed by atoms with Gasteiger partial charge in [-0.2, -0.15) is 0 Å². The maximum absolute atomic E-state index is 13.0. The fourth-order valence-electron chi connectivity index (χ4n) is 5.59. The molecule has 4 heterocycles. The molecule has 6 heteroatoms. The summed E-state index contributed by atoms with van der Waals surface area (Å²) in [6, 6.07) is 16.4. The summed E-state index contributed by atoms with van der Waals surface area (Å²) < 4.78 is 4.71. The van der Waals surface area contributed by atoms with E-state index in [1.807, 2.05) is 36.0 Å². The van der Waals surface area contributed by atoms with Crippen molar-refractivity contribution in [2.24, 2.45) is 0 Å². The Kier molecular flexibility index (Phi) is 2.90. The molecule has 0 spiro atoms. The Labute approximate surface area is 175 Å². The summed E-state index contributed by atoms with van der Waals surface area (Å²) in [5, 5.41) is 6.76. The maximum Gasteiger partial charge on any atom is 0.259 e. The zero-order chi connectivity index (χ0) is 20.3. The number of thioether (sulfide) groups is 1. The first-order chi connectivity index (χ1) is 14.6. The van der Waals surface area contributed by atoms with Gasteiger partial charge in [0.25, 0.3) is 11.8 Å². The van der Waals surface area contributed by atoms with Gasteiger partial charge in [0.1, 0.15) is 0 Å². The Morgan fingerprint density at radius 3 is 1.63 bits per heavy atom. The van der Waals surface area contributed by atoms with E-state index in [4.69, 9.17) is 0 Å². The zero-order valence-corrected chi connectivity index (χ0v) is 17.2. The summed E-state index contributed by atoms with van der Waals surface area (Å²) in [6.07, 6.45) is 0. The number of carbonyl (C=O) groups is 2. The summed E-state index contributed by atoms with van der Waals surface area (Å²) >= 11 is 1.88. The first kappa shape index (κ1) is 16.5. The van der Waals surface area contributed by atoms with Crippen LogP contribution in [0.25, 0.3) is 43.6 Å². The fraction of sp³-hybridized carbons (Fsp3) is 0.167. The van der Waals surface area contributed by atoms with Gasteiger partial charge >= 0.3 is 0 Å². The van der Waals surface area contributed by atoms with Crippen molar-refractivity contribution < 1.29 is 9.59 Å². The van der Waals surface area contributed by atoms with Gasteiger partial charge in [0.15, 0.2) is 0 Å². The van der Waals surface area contributed by atoms with Crippen LogP contribution in [0.2, 0.25) is 0 Å². The van der Waals surface area contributed by atoms with Crippen molar-refractivity contribution in [3.05, 3.63) is 59.7 Å². The Morgan fingerprint density at radius 1 is 0.733 bits per heavy atom. The molecule has 0 saturated heterocycles. The molecule has 7 rings (SSSR count). The molecular weight excluding hydrogens is 394 g/mol. The number of hydrogen-bond donors (Lipinski definition) is 1. The SMILES string of the molecule is CC1SC(C)n2c3ccccc3c3c4c(c5c6ccccc6n1c5c32)C(=O)NC4=O. The lowest BCUT2D eigenvalue weighted by Gasteiger charge is -2.19. The summed E-state index contributed by atoms with van der Waals surface area (Å²) in [5.74, 6) is -0.594. The first-order valence-corrected chi connectivity index (χ1v) is 11.0. The quantitative estimate of drug-likeness (QED) is 0.339. The van der Waals surface area contributed by atoms with Gasteiger partial charge in [0, 0.05) is 21.5 Å². The van der Waals surface area contributed by atoms with E-state index < -0.39 is 0 Å². The number of carbonyl (C=O) groups excluding carboxylic acids is 2. The predicted molar refractivity (Wildman–Crippen MR) is 121 cm³/mol. The lowest BCUT2D eigenvalue weighted by Crippen LogP contribution is -2.20. The molecule has 0 radical (unpaired) electrons. The van der Waals surface area contributed by atoms with E-state index in [2.05, 4.69) is 52.6 Å². The van der Waals surface area contributed by atoms with Gasteiger partial charge < -0.3 is 9.13 Å². The molecule has 0 aliphatic carbocycles. The van der Waals surface area contributed by atoms with E-state index in [1.165, 1.54) is 0 Å². The van der Waals surface area contributed by atoms with Crippen molar-refractivity contribution >= 4 is 67.2 Å². The minimum absolute atomic E-state index is 0.183. The van der Waals surface area contributed by atoms with Gasteiger partial charge in [-0.1, -0.05) is 36.4 Å². The van der Waals surface area contributed by atoms with Gasteiger partial charge in [-0.25, -0.2) is 0 Å². The second-order valence-electron chi connectivity index (χ2n) is 8.09. The van der Waals surface area contributed by atoms with Crippen molar-refractivity contribution in [3.8, 4) is 0 Å². The molecular formula is C24H17N3O2S. The largest absolute Gasteiger partial charge is 0.326 e. The number of rotatable bonds is 0. The smallest absolute Gasteiger partial charge is 0.259 e. The van der Waals surface area contributed by atoms with Crippen LogP contribution in [0.15, 0.2) is 48.5 Å². The highest BCUT2D eigenvalue weighted by atomic mass is 32.2. The van der Waals surface area contributed by atoms with Crippen LogP contribution in [0.1, 0.15) is 45.3 Å². The van der Waals surface area contributed by atoms with Gasteiger partial charge in [-0.05, 0) is 26.0 Å². The van der Waals surface area contributed by atoms with Crippen LogP contribution in [0.4, 0.5) is 0 Å². The van der Waals surface area contributed by atoms with Crippen molar-refractivity contribution in [1.82, 2.24) is 14.5 Å². The topological polar surface area (TPSA) is 56.0 Å². The molecule has 3 aromatic carbocycles. The molecule has 2 aromatic heterocycles. The van der Waals surface area contributed by atoms with Gasteiger partial charge in [0.05, 0.1) is 43.9 Å². The van der Waals surface area contributed by atoms with E-state index >= 15 is 0 Å². The van der Waals surface area contributed by atoms with Crippen LogP contribution in [-0.2, 0) is 0 Å². The molecule has 5 aromatic rings. The molecule has 0 fully saturated rings. The highest BCUT2D eigenvalue weighted by molar-refractivity contribution is 7.99. The summed E-state index contributed by atoms with van der Waals surface area (Å²) in [4.78, 5) is 26.1.